The molecule has 23 heavy (non-hydrogen) atoms. The predicted molar refractivity (Wildman–Crippen MR) is 93.5 cm³/mol. The van der Waals surface area contributed by atoms with Gasteiger partial charge in [0.1, 0.15) is 11.3 Å². The fourth-order valence-corrected chi connectivity index (χ4v) is 2.82. The van der Waals surface area contributed by atoms with Crippen molar-refractivity contribution in [2.75, 3.05) is 20.6 Å². The van der Waals surface area contributed by atoms with E-state index < -0.39 is 0 Å². The summed E-state index contributed by atoms with van der Waals surface area (Å²) >= 11 is 0. The molecule has 0 atom stereocenters. The number of para-hydroxylation sites is 1. The molecular weight excluding hydrogens is 286 g/mol. The van der Waals surface area contributed by atoms with E-state index in [9.17, 15) is 0 Å². The zero-order valence-corrected chi connectivity index (χ0v) is 13.4. The molecule has 4 aromatic rings. The Labute approximate surface area is 134 Å². The summed E-state index contributed by atoms with van der Waals surface area (Å²) in [5.74, 6) is 0.897. The van der Waals surface area contributed by atoms with Crippen LogP contribution in [0, 0.1) is 0 Å². The minimum atomic E-state index is 0.875. The summed E-state index contributed by atoms with van der Waals surface area (Å²) in [6.45, 7) is 1.84. The first-order valence-electron chi connectivity index (χ1n) is 7.80. The van der Waals surface area contributed by atoms with Gasteiger partial charge in [0, 0.05) is 22.9 Å². The molecule has 0 bridgehead atoms. The number of benzene rings is 2. The highest BCUT2D eigenvalue weighted by molar-refractivity contribution is 5.87. The van der Waals surface area contributed by atoms with Crippen LogP contribution in [0.5, 0.6) is 0 Å². The Bertz CT molecular complexity index is 932. The zero-order chi connectivity index (χ0) is 15.8. The van der Waals surface area contributed by atoms with Gasteiger partial charge in [0.05, 0.1) is 18.3 Å². The van der Waals surface area contributed by atoms with E-state index in [2.05, 4.69) is 59.1 Å². The van der Waals surface area contributed by atoms with Crippen molar-refractivity contribution in [1.82, 2.24) is 14.7 Å². The van der Waals surface area contributed by atoms with Gasteiger partial charge >= 0.3 is 0 Å². The standard InChI is InChI=1S/C19H19N3O/c1-21(2)9-10-22-17-11-15(7-8-16(17)13-20-22)19-12-14-5-3-4-6-18(14)23-19/h3-8,11-13H,9-10H2,1-2H3. The van der Waals surface area contributed by atoms with Gasteiger partial charge in [0.25, 0.3) is 0 Å². The lowest BCUT2D eigenvalue weighted by molar-refractivity contribution is 0.377. The van der Waals surface area contributed by atoms with Gasteiger partial charge in [-0.1, -0.05) is 30.3 Å². The second-order valence-electron chi connectivity index (χ2n) is 6.09. The van der Waals surface area contributed by atoms with Gasteiger partial charge < -0.3 is 9.32 Å². The van der Waals surface area contributed by atoms with Gasteiger partial charge in [-0.05, 0) is 32.3 Å². The van der Waals surface area contributed by atoms with Crippen LogP contribution in [0.4, 0.5) is 0 Å². The number of likely N-dealkylation sites (N-methyl/N-ethyl adjacent to an activating group) is 1. The highest BCUT2D eigenvalue weighted by Gasteiger charge is 2.09. The molecule has 0 spiro atoms. The van der Waals surface area contributed by atoms with E-state index in [-0.39, 0.29) is 0 Å². The third kappa shape index (κ3) is 2.62. The summed E-state index contributed by atoms with van der Waals surface area (Å²) in [5.41, 5.74) is 3.15. The van der Waals surface area contributed by atoms with Crippen LogP contribution in [-0.2, 0) is 6.54 Å². The van der Waals surface area contributed by atoms with E-state index in [1.165, 1.54) is 0 Å². The molecule has 0 aliphatic carbocycles. The van der Waals surface area contributed by atoms with Gasteiger partial charge in [-0.2, -0.15) is 5.10 Å². The van der Waals surface area contributed by atoms with E-state index in [4.69, 9.17) is 4.42 Å². The average molecular weight is 305 g/mol. The number of aromatic nitrogens is 2. The molecule has 0 fully saturated rings. The molecule has 2 aromatic carbocycles. The topological polar surface area (TPSA) is 34.2 Å². The van der Waals surface area contributed by atoms with Crippen molar-refractivity contribution in [3.63, 3.8) is 0 Å². The Hall–Kier alpha value is -2.59. The number of fused-ring (bicyclic) bond motifs is 2. The molecule has 116 valence electrons. The second kappa shape index (κ2) is 5.56. The van der Waals surface area contributed by atoms with Crippen LogP contribution >= 0.6 is 0 Å². The molecule has 0 saturated carbocycles. The lowest BCUT2D eigenvalue weighted by Gasteiger charge is -2.10. The van der Waals surface area contributed by atoms with Crippen molar-refractivity contribution in [2.24, 2.45) is 0 Å². The smallest absolute Gasteiger partial charge is 0.135 e. The van der Waals surface area contributed by atoms with E-state index >= 15 is 0 Å². The zero-order valence-electron chi connectivity index (χ0n) is 13.4. The minimum absolute atomic E-state index is 0.875. The second-order valence-corrected chi connectivity index (χ2v) is 6.09. The van der Waals surface area contributed by atoms with Crippen LogP contribution in [-0.4, -0.2) is 35.3 Å². The van der Waals surface area contributed by atoms with Crippen molar-refractivity contribution in [2.45, 2.75) is 6.54 Å². The van der Waals surface area contributed by atoms with Crippen molar-refractivity contribution in [1.29, 1.82) is 0 Å². The SMILES string of the molecule is CN(C)CCn1ncc2ccc(-c3cc4ccccc4o3)cc21. The van der Waals surface area contributed by atoms with Crippen LogP contribution in [0.3, 0.4) is 0 Å². The molecule has 0 amide bonds. The Morgan fingerprint density at radius 3 is 2.74 bits per heavy atom. The van der Waals surface area contributed by atoms with E-state index in [1.54, 1.807) is 0 Å². The van der Waals surface area contributed by atoms with Gasteiger partial charge in [0.15, 0.2) is 0 Å². The molecule has 2 aromatic heterocycles. The first-order valence-corrected chi connectivity index (χ1v) is 7.80. The van der Waals surface area contributed by atoms with Crippen molar-refractivity contribution >= 4 is 21.9 Å². The number of hydrogen-bond donors (Lipinski definition) is 0. The largest absolute Gasteiger partial charge is 0.456 e. The number of rotatable bonds is 4. The van der Waals surface area contributed by atoms with Gasteiger partial charge in [-0.25, -0.2) is 0 Å². The molecule has 2 heterocycles. The Balaban J connectivity index is 1.76. The summed E-state index contributed by atoms with van der Waals surface area (Å²) in [7, 11) is 4.15. The van der Waals surface area contributed by atoms with Crippen LogP contribution < -0.4 is 0 Å². The Kier molecular flexibility index (Phi) is 3.39. The summed E-state index contributed by atoms with van der Waals surface area (Å²) in [6.07, 6.45) is 1.92. The van der Waals surface area contributed by atoms with Gasteiger partial charge in [-0.15, -0.1) is 0 Å². The molecule has 0 radical (unpaired) electrons. The highest BCUT2D eigenvalue weighted by atomic mass is 16.3. The molecular formula is C19H19N3O. The predicted octanol–water partition coefficient (Wildman–Crippen LogP) is 4.01. The molecule has 4 nitrogen and oxygen atoms in total. The molecule has 0 N–H and O–H groups in total. The molecule has 0 unspecified atom stereocenters. The summed E-state index contributed by atoms with van der Waals surface area (Å²) in [6, 6.07) is 16.6. The monoisotopic (exact) mass is 305 g/mol. The molecule has 4 rings (SSSR count). The van der Waals surface area contributed by atoms with E-state index in [0.29, 0.717) is 0 Å². The van der Waals surface area contributed by atoms with Crippen molar-refractivity contribution in [3.8, 4) is 11.3 Å². The maximum Gasteiger partial charge on any atom is 0.135 e. The first-order chi connectivity index (χ1) is 11.2. The Morgan fingerprint density at radius 2 is 1.91 bits per heavy atom. The minimum Gasteiger partial charge on any atom is -0.456 e. The molecule has 0 aliphatic heterocycles. The lowest BCUT2D eigenvalue weighted by Crippen LogP contribution is -2.18. The molecule has 0 saturated heterocycles. The summed E-state index contributed by atoms with van der Waals surface area (Å²) in [5, 5.41) is 6.79. The van der Waals surface area contributed by atoms with Crippen LogP contribution in [0.1, 0.15) is 0 Å². The molecule has 0 aliphatic rings. The summed E-state index contributed by atoms with van der Waals surface area (Å²) in [4.78, 5) is 2.16. The fraction of sp³-hybridized carbons (Fsp3) is 0.211. The third-order valence-electron chi connectivity index (χ3n) is 4.11. The van der Waals surface area contributed by atoms with Gasteiger partial charge in [0.2, 0.25) is 0 Å². The van der Waals surface area contributed by atoms with E-state index in [1.807, 2.05) is 24.4 Å². The quantitative estimate of drug-likeness (QED) is 0.571. The average Bonchev–Trinajstić information content (AvgIpc) is 3.16. The third-order valence-corrected chi connectivity index (χ3v) is 4.11. The maximum absolute atomic E-state index is 5.98. The Morgan fingerprint density at radius 1 is 1.04 bits per heavy atom. The van der Waals surface area contributed by atoms with Crippen LogP contribution in [0.15, 0.2) is 59.1 Å². The number of nitrogens with zero attached hydrogens (tertiary/aromatic N) is 3. The maximum atomic E-state index is 5.98. The van der Waals surface area contributed by atoms with Crippen molar-refractivity contribution in [3.05, 3.63) is 54.7 Å². The number of hydrogen-bond acceptors (Lipinski definition) is 3. The fourth-order valence-electron chi connectivity index (χ4n) is 2.82. The highest BCUT2D eigenvalue weighted by Crippen LogP contribution is 2.29. The molecule has 4 heteroatoms. The van der Waals surface area contributed by atoms with Crippen molar-refractivity contribution < 1.29 is 4.42 Å². The normalized spacial score (nSPS) is 11.8. The number of furan rings is 1. The van der Waals surface area contributed by atoms with Crippen LogP contribution in [0.25, 0.3) is 33.2 Å². The summed E-state index contributed by atoms with van der Waals surface area (Å²) < 4.78 is 8.04. The first kappa shape index (κ1) is 14.0. The lowest BCUT2D eigenvalue weighted by atomic mass is 10.1. The van der Waals surface area contributed by atoms with Gasteiger partial charge in [-0.3, -0.25) is 4.68 Å². The van der Waals surface area contributed by atoms with Crippen LogP contribution in [0.2, 0.25) is 0 Å². The van der Waals surface area contributed by atoms with E-state index in [0.717, 1.165) is 46.3 Å².